The molecule has 1 aliphatic rings. The van der Waals surface area contributed by atoms with E-state index in [1.807, 2.05) is 12.1 Å². The van der Waals surface area contributed by atoms with Crippen LogP contribution in [-0.2, 0) is 6.42 Å². The molecule has 3 aromatic rings. The van der Waals surface area contributed by atoms with E-state index in [1.54, 1.807) is 30.3 Å². The molecule has 1 unspecified atom stereocenters. The summed E-state index contributed by atoms with van der Waals surface area (Å²) in [5.74, 6) is -0.662. The van der Waals surface area contributed by atoms with Gasteiger partial charge in [0.1, 0.15) is 17.7 Å². The maximum atomic E-state index is 13.6. The Balaban J connectivity index is 1.32. The Bertz CT molecular complexity index is 1120. The van der Waals surface area contributed by atoms with E-state index in [4.69, 9.17) is 21.4 Å². The van der Waals surface area contributed by atoms with Gasteiger partial charge in [0.2, 0.25) is 0 Å². The van der Waals surface area contributed by atoms with Gasteiger partial charge in [0, 0.05) is 13.1 Å². The zero-order chi connectivity index (χ0) is 22.7. The van der Waals surface area contributed by atoms with Crippen LogP contribution in [0.4, 0.5) is 4.39 Å². The van der Waals surface area contributed by atoms with Crippen molar-refractivity contribution in [1.82, 2.24) is 5.32 Å². The number of rotatable bonds is 7. The lowest BCUT2D eigenvalue weighted by molar-refractivity contribution is 0.0697. The van der Waals surface area contributed by atoms with Crippen LogP contribution in [0.5, 0.6) is 5.75 Å². The van der Waals surface area contributed by atoms with E-state index in [1.165, 1.54) is 12.1 Å². The molecule has 0 aromatic heterocycles. The zero-order valence-electron chi connectivity index (χ0n) is 17.2. The van der Waals surface area contributed by atoms with Crippen molar-refractivity contribution in [2.75, 3.05) is 13.1 Å². The van der Waals surface area contributed by atoms with Crippen LogP contribution in [0.3, 0.4) is 0 Å². The van der Waals surface area contributed by atoms with E-state index in [9.17, 15) is 14.3 Å². The summed E-state index contributed by atoms with van der Waals surface area (Å²) in [5.41, 5.74) is 3.81. The summed E-state index contributed by atoms with van der Waals surface area (Å²) in [4.78, 5) is 11.0. The molecule has 32 heavy (non-hydrogen) atoms. The number of aliphatic hydroxyl groups is 1. The first kappa shape index (κ1) is 22.3. The van der Waals surface area contributed by atoms with Gasteiger partial charge in [0.05, 0.1) is 16.7 Å². The zero-order valence-corrected chi connectivity index (χ0v) is 18.0. The van der Waals surface area contributed by atoms with Gasteiger partial charge in [-0.2, -0.15) is 0 Å². The van der Waals surface area contributed by atoms with Crippen molar-refractivity contribution in [3.8, 4) is 16.9 Å². The Hall–Kier alpha value is -2.93. The van der Waals surface area contributed by atoms with Crippen molar-refractivity contribution in [1.29, 1.82) is 0 Å². The number of carboxylic acids is 1. The first-order chi connectivity index (χ1) is 15.4. The maximum Gasteiger partial charge on any atom is 0.335 e. The minimum atomic E-state index is -0.942. The second kappa shape index (κ2) is 9.69. The molecule has 2 atom stereocenters. The Morgan fingerprint density at radius 3 is 2.59 bits per heavy atom. The van der Waals surface area contributed by atoms with E-state index in [-0.39, 0.29) is 23.2 Å². The number of carboxylic acid groups (broad SMARTS) is 1. The molecule has 4 rings (SSSR count). The number of hydrogen-bond donors (Lipinski definition) is 3. The van der Waals surface area contributed by atoms with Crippen LogP contribution < -0.4 is 10.1 Å². The standard InChI is InChI=1S/C25H23ClFNO4/c26-21-9-6-18(12-22(21)27)23(29)14-28-13-20-8-5-19-11-17(7-10-24(19)32-20)15-1-3-16(4-2-15)25(30)31/h1-4,6-7,9-12,20,23,28-29H,5,8,13-14H2,(H,30,31)/t20-,23?/m1/s1. The largest absolute Gasteiger partial charge is 0.489 e. The van der Waals surface area contributed by atoms with Crippen LogP contribution >= 0.6 is 11.6 Å². The van der Waals surface area contributed by atoms with E-state index >= 15 is 0 Å². The minimum absolute atomic E-state index is 0.0302. The van der Waals surface area contributed by atoms with Gasteiger partial charge in [-0.3, -0.25) is 0 Å². The highest BCUT2D eigenvalue weighted by atomic mass is 35.5. The van der Waals surface area contributed by atoms with Crippen molar-refractivity contribution in [2.24, 2.45) is 0 Å². The summed E-state index contributed by atoms with van der Waals surface area (Å²) in [5, 5.41) is 22.5. The van der Waals surface area contributed by atoms with E-state index in [0.717, 1.165) is 35.3 Å². The predicted octanol–water partition coefficient (Wildman–Crippen LogP) is 4.86. The number of carbonyl (C=O) groups is 1. The second-order valence-corrected chi connectivity index (χ2v) is 8.24. The summed E-state index contributed by atoms with van der Waals surface area (Å²) in [6.07, 6.45) is 0.811. The maximum absolute atomic E-state index is 13.6. The number of aliphatic hydroxyl groups excluding tert-OH is 1. The fourth-order valence-corrected chi connectivity index (χ4v) is 3.91. The molecule has 166 valence electrons. The van der Waals surface area contributed by atoms with Crippen molar-refractivity contribution < 1.29 is 24.1 Å². The van der Waals surface area contributed by atoms with Crippen molar-refractivity contribution >= 4 is 17.6 Å². The fourth-order valence-electron chi connectivity index (χ4n) is 3.79. The van der Waals surface area contributed by atoms with E-state index in [2.05, 4.69) is 11.4 Å². The van der Waals surface area contributed by atoms with Crippen LogP contribution in [0, 0.1) is 5.82 Å². The molecule has 3 N–H and O–H groups in total. The second-order valence-electron chi connectivity index (χ2n) is 7.83. The molecule has 0 aliphatic carbocycles. The lowest BCUT2D eigenvalue weighted by Crippen LogP contribution is -2.36. The normalized spacial score (nSPS) is 16.2. The van der Waals surface area contributed by atoms with Crippen LogP contribution in [0.2, 0.25) is 5.02 Å². The van der Waals surface area contributed by atoms with Gasteiger partial charge in [-0.1, -0.05) is 35.9 Å². The Kier molecular flexibility index (Phi) is 6.74. The summed E-state index contributed by atoms with van der Waals surface area (Å²) < 4.78 is 19.7. The monoisotopic (exact) mass is 455 g/mol. The predicted molar refractivity (Wildman–Crippen MR) is 121 cm³/mol. The molecule has 7 heteroatoms. The Morgan fingerprint density at radius 1 is 1.12 bits per heavy atom. The smallest absolute Gasteiger partial charge is 0.335 e. The Morgan fingerprint density at radius 2 is 1.88 bits per heavy atom. The molecular formula is C25H23ClFNO4. The van der Waals surface area contributed by atoms with Crippen LogP contribution in [0.25, 0.3) is 11.1 Å². The van der Waals surface area contributed by atoms with Crippen molar-refractivity contribution in [3.63, 3.8) is 0 Å². The molecule has 0 spiro atoms. The lowest BCUT2D eigenvalue weighted by atomic mass is 9.96. The summed E-state index contributed by atoms with van der Waals surface area (Å²) in [7, 11) is 0. The summed E-state index contributed by atoms with van der Waals surface area (Å²) in [6.45, 7) is 0.837. The minimum Gasteiger partial charge on any atom is -0.489 e. The fraction of sp³-hybridized carbons (Fsp3) is 0.240. The highest BCUT2D eigenvalue weighted by Gasteiger charge is 2.21. The topological polar surface area (TPSA) is 78.8 Å². The highest BCUT2D eigenvalue weighted by molar-refractivity contribution is 6.30. The van der Waals surface area contributed by atoms with Gasteiger partial charge < -0.3 is 20.3 Å². The average molecular weight is 456 g/mol. The molecule has 0 fully saturated rings. The lowest BCUT2D eigenvalue weighted by Gasteiger charge is -2.27. The number of benzene rings is 3. The van der Waals surface area contributed by atoms with Gasteiger partial charge >= 0.3 is 5.97 Å². The quantitative estimate of drug-likeness (QED) is 0.474. The molecule has 1 aliphatic heterocycles. The molecule has 5 nitrogen and oxygen atoms in total. The van der Waals surface area contributed by atoms with Gasteiger partial charge in [-0.25, -0.2) is 9.18 Å². The number of aryl methyl sites for hydroxylation is 1. The van der Waals surface area contributed by atoms with Crippen molar-refractivity contribution in [2.45, 2.75) is 25.0 Å². The highest BCUT2D eigenvalue weighted by Crippen LogP contribution is 2.32. The van der Waals surface area contributed by atoms with Gasteiger partial charge in [-0.15, -0.1) is 0 Å². The van der Waals surface area contributed by atoms with E-state index in [0.29, 0.717) is 12.1 Å². The molecule has 0 saturated heterocycles. The number of halogens is 2. The third-order valence-electron chi connectivity index (χ3n) is 5.59. The number of aromatic carboxylic acids is 1. The molecule has 0 bridgehead atoms. The van der Waals surface area contributed by atoms with Gasteiger partial charge in [0.25, 0.3) is 0 Å². The average Bonchev–Trinajstić information content (AvgIpc) is 2.80. The molecule has 0 saturated carbocycles. The molecule has 0 amide bonds. The summed E-state index contributed by atoms with van der Waals surface area (Å²) in [6, 6.07) is 17.1. The third kappa shape index (κ3) is 5.10. The first-order valence-electron chi connectivity index (χ1n) is 10.4. The van der Waals surface area contributed by atoms with Crippen LogP contribution in [0.15, 0.2) is 60.7 Å². The number of ether oxygens (including phenoxy) is 1. The molecule has 3 aromatic carbocycles. The molecular weight excluding hydrogens is 433 g/mol. The molecule has 1 heterocycles. The third-order valence-corrected chi connectivity index (χ3v) is 5.90. The van der Waals surface area contributed by atoms with Gasteiger partial charge in [0.15, 0.2) is 0 Å². The molecule has 0 radical (unpaired) electrons. The SMILES string of the molecule is O=C(O)c1ccc(-c2ccc3c(c2)CC[C@H](CNCC(O)c2ccc(Cl)c(F)c2)O3)cc1. The van der Waals surface area contributed by atoms with Gasteiger partial charge in [-0.05, 0) is 71.5 Å². The first-order valence-corrected chi connectivity index (χ1v) is 10.8. The number of fused-ring (bicyclic) bond motifs is 1. The number of hydrogen-bond acceptors (Lipinski definition) is 4. The van der Waals surface area contributed by atoms with Crippen LogP contribution in [0.1, 0.15) is 34.0 Å². The van der Waals surface area contributed by atoms with E-state index < -0.39 is 17.9 Å². The summed E-state index contributed by atoms with van der Waals surface area (Å²) >= 11 is 5.68. The number of nitrogens with one attached hydrogen (secondary N) is 1. The Labute approximate surface area is 190 Å². The van der Waals surface area contributed by atoms with Crippen LogP contribution in [-0.4, -0.2) is 35.4 Å². The van der Waals surface area contributed by atoms with Crippen molar-refractivity contribution in [3.05, 3.63) is 88.2 Å².